The number of carbonyl (C=O) groups is 1. The number of nitrogens with zero attached hydrogens (tertiary/aromatic N) is 3. The largest absolute Gasteiger partial charge is 0.351 e. The molecule has 2 aromatic heterocycles. The van der Waals surface area contributed by atoms with E-state index in [1.807, 2.05) is 38.6 Å². The van der Waals surface area contributed by atoms with Crippen LogP contribution < -0.4 is 10.6 Å². The summed E-state index contributed by atoms with van der Waals surface area (Å²) in [7, 11) is 1.85. The monoisotopic (exact) mass is 275 g/mol. The third-order valence-electron chi connectivity index (χ3n) is 3.09. The Morgan fingerprint density at radius 2 is 2.15 bits per heavy atom. The number of aromatic nitrogens is 3. The van der Waals surface area contributed by atoms with Crippen LogP contribution in [0.25, 0.3) is 11.0 Å². The van der Waals surface area contributed by atoms with Gasteiger partial charge in [-0.1, -0.05) is 0 Å². The van der Waals surface area contributed by atoms with Gasteiger partial charge in [-0.05, 0) is 33.9 Å². The molecule has 2 N–H and O–H groups in total. The molecule has 2 rings (SSSR count). The van der Waals surface area contributed by atoms with Gasteiger partial charge in [-0.2, -0.15) is 5.10 Å². The Balaban J connectivity index is 2.40. The van der Waals surface area contributed by atoms with Gasteiger partial charge in [-0.15, -0.1) is 0 Å². The van der Waals surface area contributed by atoms with Crippen LogP contribution in [0.4, 0.5) is 0 Å². The Hall–Kier alpha value is -1.95. The summed E-state index contributed by atoms with van der Waals surface area (Å²) in [4.78, 5) is 16.8. The Kier molecular flexibility index (Phi) is 4.34. The van der Waals surface area contributed by atoms with Crippen molar-refractivity contribution < 1.29 is 4.79 Å². The van der Waals surface area contributed by atoms with E-state index in [4.69, 9.17) is 0 Å². The molecular weight excluding hydrogens is 254 g/mol. The van der Waals surface area contributed by atoms with Crippen LogP contribution in [0.5, 0.6) is 0 Å². The van der Waals surface area contributed by atoms with E-state index in [2.05, 4.69) is 20.7 Å². The molecule has 6 nitrogen and oxygen atoms in total. The van der Waals surface area contributed by atoms with Gasteiger partial charge in [0.1, 0.15) is 0 Å². The summed E-state index contributed by atoms with van der Waals surface area (Å²) in [5.41, 5.74) is 2.22. The zero-order chi connectivity index (χ0) is 14.7. The summed E-state index contributed by atoms with van der Waals surface area (Å²) in [5.74, 6) is -0.0842. The number of hydrogen-bond acceptors (Lipinski definition) is 4. The van der Waals surface area contributed by atoms with Crippen molar-refractivity contribution in [3.63, 3.8) is 0 Å². The summed E-state index contributed by atoms with van der Waals surface area (Å²) >= 11 is 0. The molecule has 0 bridgehead atoms. The highest BCUT2D eigenvalue weighted by molar-refractivity contribution is 6.05. The molecule has 6 heteroatoms. The molecule has 0 aliphatic heterocycles. The molecule has 0 unspecified atom stereocenters. The van der Waals surface area contributed by atoms with Gasteiger partial charge in [0.25, 0.3) is 5.91 Å². The van der Waals surface area contributed by atoms with E-state index in [1.165, 1.54) is 0 Å². The number of nitrogens with one attached hydrogen (secondary N) is 2. The number of hydrogen-bond donors (Lipinski definition) is 2. The normalized spacial score (nSPS) is 11.2. The van der Waals surface area contributed by atoms with Crippen molar-refractivity contribution in [2.24, 2.45) is 0 Å². The molecule has 1 amide bonds. The van der Waals surface area contributed by atoms with Crippen LogP contribution >= 0.6 is 0 Å². The molecule has 0 saturated heterocycles. The molecule has 0 atom stereocenters. The molecule has 0 aromatic carbocycles. The summed E-state index contributed by atoms with van der Waals surface area (Å²) < 4.78 is 1.84. The first kappa shape index (κ1) is 14.5. The average Bonchev–Trinajstić information content (AvgIpc) is 2.81. The molecule has 0 fully saturated rings. The summed E-state index contributed by atoms with van der Waals surface area (Å²) in [6, 6.07) is 2.02. The first-order valence-electron chi connectivity index (χ1n) is 6.82. The SMILES string of the molecule is CNCCNC(=O)c1cc(C)nc2c1cnn2C(C)C. The first-order valence-corrected chi connectivity index (χ1v) is 6.82. The second-order valence-electron chi connectivity index (χ2n) is 5.09. The van der Waals surface area contributed by atoms with Gasteiger partial charge in [0, 0.05) is 24.8 Å². The fourth-order valence-corrected chi connectivity index (χ4v) is 2.11. The van der Waals surface area contributed by atoms with Crippen molar-refractivity contribution in [3.8, 4) is 0 Å². The Morgan fingerprint density at radius 1 is 1.40 bits per heavy atom. The molecule has 0 aliphatic rings. The standard InChI is InChI=1S/C14H21N5O/c1-9(2)19-13-12(8-17-19)11(7-10(3)18-13)14(20)16-6-5-15-4/h7-9,15H,5-6H2,1-4H3,(H,16,20). The van der Waals surface area contributed by atoms with Crippen LogP contribution in [-0.4, -0.2) is 40.8 Å². The van der Waals surface area contributed by atoms with Crippen molar-refractivity contribution >= 4 is 16.9 Å². The van der Waals surface area contributed by atoms with E-state index in [1.54, 1.807) is 6.20 Å². The van der Waals surface area contributed by atoms with Crippen molar-refractivity contribution in [2.75, 3.05) is 20.1 Å². The topological polar surface area (TPSA) is 71.8 Å². The molecule has 0 aliphatic carbocycles. The van der Waals surface area contributed by atoms with E-state index in [-0.39, 0.29) is 11.9 Å². The summed E-state index contributed by atoms with van der Waals surface area (Å²) in [5, 5.41) is 11.0. The fourth-order valence-electron chi connectivity index (χ4n) is 2.11. The maximum Gasteiger partial charge on any atom is 0.252 e. The summed E-state index contributed by atoms with van der Waals surface area (Å²) in [6.07, 6.45) is 1.72. The number of pyridine rings is 1. The maximum atomic E-state index is 12.3. The van der Waals surface area contributed by atoms with E-state index in [0.717, 1.165) is 23.3 Å². The minimum atomic E-state index is -0.0842. The van der Waals surface area contributed by atoms with Gasteiger partial charge in [0.2, 0.25) is 0 Å². The highest BCUT2D eigenvalue weighted by Crippen LogP contribution is 2.20. The number of fused-ring (bicyclic) bond motifs is 1. The van der Waals surface area contributed by atoms with E-state index >= 15 is 0 Å². The lowest BCUT2D eigenvalue weighted by atomic mass is 10.1. The molecule has 0 radical (unpaired) electrons. The number of rotatable bonds is 5. The molecular formula is C14H21N5O. The predicted octanol–water partition coefficient (Wildman–Crippen LogP) is 1.27. The Morgan fingerprint density at radius 3 is 2.80 bits per heavy atom. The Labute approximate surface area is 118 Å². The molecule has 0 spiro atoms. The van der Waals surface area contributed by atoms with Gasteiger partial charge in [-0.3, -0.25) is 4.79 Å². The second kappa shape index (κ2) is 6.00. The minimum Gasteiger partial charge on any atom is -0.351 e. The number of likely N-dealkylation sites (N-methyl/N-ethyl adjacent to an activating group) is 1. The molecule has 20 heavy (non-hydrogen) atoms. The Bertz CT molecular complexity index is 617. The number of carbonyl (C=O) groups excluding carboxylic acids is 1. The van der Waals surface area contributed by atoms with Crippen molar-refractivity contribution in [3.05, 3.63) is 23.5 Å². The van der Waals surface area contributed by atoms with Crippen LogP contribution in [-0.2, 0) is 0 Å². The second-order valence-corrected chi connectivity index (χ2v) is 5.09. The quantitative estimate of drug-likeness (QED) is 0.806. The van der Waals surface area contributed by atoms with Gasteiger partial charge in [0.05, 0.1) is 17.1 Å². The lowest BCUT2D eigenvalue weighted by molar-refractivity contribution is 0.0955. The van der Waals surface area contributed by atoms with E-state index in [0.29, 0.717) is 12.1 Å². The summed E-state index contributed by atoms with van der Waals surface area (Å²) in [6.45, 7) is 7.31. The zero-order valence-electron chi connectivity index (χ0n) is 12.4. The number of amides is 1. The molecule has 0 saturated carbocycles. The predicted molar refractivity (Wildman–Crippen MR) is 78.9 cm³/mol. The van der Waals surface area contributed by atoms with Gasteiger partial charge in [0.15, 0.2) is 5.65 Å². The van der Waals surface area contributed by atoms with Gasteiger partial charge >= 0.3 is 0 Å². The maximum absolute atomic E-state index is 12.3. The van der Waals surface area contributed by atoms with Gasteiger partial charge < -0.3 is 10.6 Å². The van der Waals surface area contributed by atoms with Crippen LogP contribution in [0.1, 0.15) is 35.9 Å². The van der Waals surface area contributed by atoms with Crippen molar-refractivity contribution in [2.45, 2.75) is 26.8 Å². The highest BCUT2D eigenvalue weighted by atomic mass is 16.1. The minimum absolute atomic E-state index is 0.0842. The molecule has 2 heterocycles. The van der Waals surface area contributed by atoms with Crippen LogP contribution in [0, 0.1) is 6.92 Å². The third kappa shape index (κ3) is 2.80. The van der Waals surface area contributed by atoms with Crippen LogP contribution in [0.3, 0.4) is 0 Å². The number of aryl methyl sites for hydroxylation is 1. The highest BCUT2D eigenvalue weighted by Gasteiger charge is 2.16. The van der Waals surface area contributed by atoms with Crippen LogP contribution in [0.2, 0.25) is 0 Å². The lowest BCUT2D eigenvalue weighted by Crippen LogP contribution is -2.30. The lowest BCUT2D eigenvalue weighted by Gasteiger charge is -2.09. The molecule has 108 valence electrons. The average molecular weight is 275 g/mol. The van der Waals surface area contributed by atoms with Crippen LogP contribution in [0.15, 0.2) is 12.3 Å². The van der Waals surface area contributed by atoms with Crippen molar-refractivity contribution in [1.82, 2.24) is 25.4 Å². The first-order chi connectivity index (χ1) is 9.54. The van der Waals surface area contributed by atoms with E-state index in [9.17, 15) is 4.79 Å². The van der Waals surface area contributed by atoms with Gasteiger partial charge in [-0.25, -0.2) is 9.67 Å². The molecule has 2 aromatic rings. The zero-order valence-corrected chi connectivity index (χ0v) is 12.4. The van der Waals surface area contributed by atoms with Crippen molar-refractivity contribution in [1.29, 1.82) is 0 Å². The third-order valence-corrected chi connectivity index (χ3v) is 3.09. The smallest absolute Gasteiger partial charge is 0.252 e. The fraction of sp³-hybridized carbons (Fsp3) is 0.500. The van der Waals surface area contributed by atoms with E-state index < -0.39 is 0 Å².